The fourth-order valence-electron chi connectivity index (χ4n) is 3.71. The van der Waals surface area contributed by atoms with Gasteiger partial charge in [-0.25, -0.2) is 4.90 Å². The normalized spacial score (nSPS) is 21.4. The summed E-state index contributed by atoms with van der Waals surface area (Å²) in [5, 5.41) is 2.89. The number of nitrogens with one attached hydrogen (secondary N) is 1. The number of ether oxygens (including phenoxy) is 1. The van der Waals surface area contributed by atoms with E-state index in [1.54, 1.807) is 31.4 Å². The van der Waals surface area contributed by atoms with Crippen LogP contribution in [-0.2, 0) is 14.4 Å². The van der Waals surface area contributed by atoms with Gasteiger partial charge in [0.15, 0.2) is 0 Å². The van der Waals surface area contributed by atoms with Gasteiger partial charge in [-0.05, 0) is 38.1 Å². The van der Waals surface area contributed by atoms with Crippen molar-refractivity contribution < 1.29 is 19.1 Å². The molecule has 0 bridgehead atoms. The van der Waals surface area contributed by atoms with Gasteiger partial charge < -0.3 is 10.1 Å². The van der Waals surface area contributed by atoms with Crippen molar-refractivity contribution in [2.45, 2.75) is 32.4 Å². The van der Waals surface area contributed by atoms with E-state index in [9.17, 15) is 14.4 Å². The summed E-state index contributed by atoms with van der Waals surface area (Å²) in [5.74, 6) is 0.332. The van der Waals surface area contributed by atoms with E-state index >= 15 is 0 Å². The molecule has 28 heavy (non-hydrogen) atoms. The number of hydrogen-bond donors (Lipinski definition) is 1. The Morgan fingerprint density at radius 1 is 1.14 bits per heavy atom. The molecular weight excluding hydrogens is 360 g/mol. The van der Waals surface area contributed by atoms with Gasteiger partial charge in [0, 0.05) is 32.2 Å². The van der Waals surface area contributed by atoms with Crippen molar-refractivity contribution in [2.75, 3.05) is 44.7 Å². The summed E-state index contributed by atoms with van der Waals surface area (Å²) >= 11 is 0. The summed E-state index contributed by atoms with van der Waals surface area (Å²) in [4.78, 5) is 42.7. The first-order valence-electron chi connectivity index (χ1n) is 9.65. The lowest BCUT2D eigenvalue weighted by molar-refractivity contribution is -0.125. The summed E-state index contributed by atoms with van der Waals surface area (Å²) in [6.45, 7) is 6.96. The van der Waals surface area contributed by atoms with Gasteiger partial charge in [-0.1, -0.05) is 0 Å². The van der Waals surface area contributed by atoms with Gasteiger partial charge in [-0.15, -0.1) is 0 Å². The van der Waals surface area contributed by atoms with E-state index in [1.165, 1.54) is 4.90 Å². The number of hydrogen-bond acceptors (Lipinski definition) is 6. The second kappa shape index (κ2) is 8.70. The lowest BCUT2D eigenvalue weighted by Gasteiger charge is -2.36. The van der Waals surface area contributed by atoms with Crippen LogP contribution in [0.1, 0.15) is 20.3 Å². The number of anilines is 1. The maximum absolute atomic E-state index is 12.9. The van der Waals surface area contributed by atoms with E-state index in [4.69, 9.17) is 4.74 Å². The average molecular weight is 388 g/mol. The summed E-state index contributed by atoms with van der Waals surface area (Å²) in [6.07, 6.45) is 0.193. The molecule has 2 saturated heterocycles. The van der Waals surface area contributed by atoms with E-state index in [-0.39, 0.29) is 30.2 Å². The first-order chi connectivity index (χ1) is 13.4. The van der Waals surface area contributed by atoms with Crippen LogP contribution in [0.25, 0.3) is 0 Å². The van der Waals surface area contributed by atoms with E-state index < -0.39 is 6.04 Å². The number of amides is 3. The van der Waals surface area contributed by atoms with Gasteiger partial charge in [0.2, 0.25) is 11.8 Å². The SMILES string of the molecule is COc1ccc(N2C(=O)CC(N3CCN(CC(=O)NC(C)C)CC3)C2=O)cc1. The molecule has 1 aromatic rings. The number of carbonyl (C=O) groups excluding carboxylic acids is 3. The van der Waals surface area contributed by atoms with Gasteiger partial charge in [0.1, 0.15) is 5.75 Å². The Morgan fingerprint density at radius 2 is 1.79 bits per heavy atom. The molecule has 2 heterocycles. The molecule has 0 aliphatic carbocycles. The van der Waals surface area contributed by atoms with Gasteiger partial charge in [-0.2, -0.15) is 0 Å². The lowest BCUT2D eigenvalue weighted by Crippen LogP contribution is -2.54. The van der Waals surface area contributed by atoms with Crippen LogP contribution in [0.3, 0.4) is 0 Å². The predicted octanol–water partition coefficient (Wildman–Crippen LogP) is 0.469. The highest BCUT2D eigenvalue weighted by Crippen LogP contribution is 2.27. The molecule has 3 rings (SSSR count). The molecular formula is C20H28N4O4. The quantitative estimate of drug-likeness (QED) is 0.714. The van der Waals surface area contributed by atoms with Crippen LogP contribution < -0.4 is 15.0 Å². The smallest absolute Gasteiger partial charge is 0.251 e. The van der Waals surface area contributed by atoms with Crippen molar-refractivity contribution in [3.8, 4) is 5.75 Å². The maximum atomic E-state index is 12.9. The molecule has 2 aliphatic heterocycles. The zero-order valence-corrected chi connectivity index (χ0v) is 16.7. The van der Waals surface area contributed by atoms with E-state index in [2.05, 4.69) is 15.1 Å². The van der Waals surface area contributed by atoms with Crippen LogP contribution in [0.2, 0.25) is 0 Å². The van der Waals surface area contributed by atoms with Gasteiger partial charge in [0.25, 0.3) is 5.91 Å². The molecule has 1 aromatic carbocycles. The second-order valence-corrected chi connectivity index (χ2v) is 7.52. The molecule has 1 atom stereocenters. The number of imide groups is 1. The van der Waals surface area contributed by atoms with Gasteiger partial charge in [0.05, 0.1) is 31.8 Å². The number of nitrogens with zero attached hydrogens (tertiary/aromatic N) is 3. The molecule has 0 saturated carbocycles. The van der Waals surface area contributed by atoms with Crippen molar-refractivity contribution in [3.05, 3.63) is 24.3 Å². The van der Waals surface area contributed by atoms with Crippen molar-refractivity contribution in [2.24, 2.45) is 0 Å². The fraction of sp³-hybridized carbons (Fsp3) is 0.550. The summed E-state index contributed by atoms with van der Waals surface area (Å²) in [6, 6.07) is 6.62. The lowest BCUT2D eigenvalue weighted by atomic mass is 10.1. The van der Waals surface area contributed by atoms with Crippen LogP contribution in [0.15, 0.2) is 24.3 Å². The minimum atomic E-state index is -0.429. The number of rotatable bonds is 6. The van der Waals surface area contributed by atoms with Gasteiger partial charge >= 0.3 is 0 Å². The summed E-state index contributed by atoms with van der Waals surface area (Å²) in [5.41, 5.74) is 0.572. The van der Waals surface area contributed by atoms with Crippen LogP contribution in [0.4, 0.5) is 5.69 Å². The summed E-state index contributed by atoms with van der Waals surface area (Å²) < 4.78 is 5.13. The third-order valence-electron chi connectivity index (χ3n) is 5.12. The molecule has 1 N–H and O–H groups in total. The van der Waals surface area contributed by atoms with E-state index in [0.29, 0.717) is 44.2 Å². The third-order valence-corrected chi connectivity index (χ3v) is 5.12. The van der Waals surface area contributed by atoms with Crippen LogP contribution in [0, 0.1) is 0 Å². The molecule has 0 radical (unpaired) electrons. The minimum Gasteiger partial charge on any atom is -0.497 e. The van der Waals surface area contributed by atoms with E-state index in [1.807, 2.05) is 13.8 Å². The maximum Gasteiger partial charge on any atom is 0.251 e. The molecule has 8 heteroatoms. The Kier molecular flexibility index (Phi) is 6.31. The molecule has 3 amide bonds. The van der Waals surface area contributed by atoms with Gasteiger partial charge in [-0.3, -0.25) is 24.2 Å². The van der Waals surface area contributed by atoms with E-state index in [0.717, 1.165) is 0 Å². The molecule has 8 nitrogen and oxygen atoms in total. The van der Waals surface area contributed by atoms with Crippen molar-refractivity contribution in [1.82, 2.24) is 15.1 Å². The molecule has 2 fully saturated rings. The average Bonchev–Trinajstić information content (AvgIpc) is 2.96. The monoisotopic (exact) mass is 388 g/mol. The summed E-state index contributed by atoms with van der Waals surface area (Å²) in [7, 11) is 1.57. The Balaban J connectivity index is 1.57. The Labute approximate surface area is 165 Å². The highest BCUT2D eigenvalue weighted by atomic mass is 16.5. The zero-order valence-electron chi connectivity index (χ0n) is 16.7. The number of benzene rings is 1. The number of piperazine rings is 1. The second-order valence-electron chi connectivity index (χ2n) is 7.52. The Bertz CT molecular complexity index is 726. The third kappa shape index (κ3) is 4.51. The van der Waals surface area contributed by atoms with Crippen molar-refractivity contribution >= 4 is 23.4 Å². The Morgan fingerprint density at radius 3 is 2.36 bits per heavy atom. The Hall–Kier alpha value is -2.45. The minimum absolute atomic E-state index is 0.0150. The zero-order chi connectivity index (χ0) is 20.3. The molecule has 0 spiro atoms. The fourth-order valence-corrected chi connectivity index (χ4v) is 3.71. The highest BCUT2D eigenvalue weighted by molar-refractivity contribution is 6.22. The standard InChI is InChI=1S/C20H28N4O4/c1-14(2)21-18(25)13-22-8-10-23(11-9-22)17-12-19(26)24(20(17)27)15-4-6-16(28-3)7-5-15/h4-7,14,17H,8-13H2,1-3H3,(H,21,25). The number of methoxy groups -OCH3 is 1. The van der Waals surface area contributed by atoms with Crippen molar-refractivity contribution in [1.29, 1.82) is 0 Å². The molecule has 2 aliphatic rings. The molecule has 1 unspecified atom stereocenters. The highest BCUT2D eigenvalue weighted by Gasteiger charge is 2.43. The predicted molar refractivity (Wildman–Crippen MR) is 105 cm³/mol. The number of carbonyl (C=O) groups is 3. The largest absolute Gasteiger partial charge is 0.497 e. The van der Waals surface area contributed by atoms with Crippen LogP contribution >= 0.6 is 0 Å². The van der Waals surface area contributed by atoms with Crippen molar-refractivity contribution in [3.63, 3.8) is 0 Å². The topological polar surface area (TPSA) is 82.2 Å². The van der Waals surface area contributed by atoms with Crippen LogP contribution in [-0.4, -0.2) is 79.4 Å². The first kappa shape index (κ1) is 20.3. The molecule has 0 aromatic heterocycles. The van der Waals surface area contributed by atoms with Crippen LogP contribution in [0.5, 0.6) is 5.75 Å². The molecule has 152 valence electrons. The first-order valence-corrected chi connectivity index (χ1v) is 9.65.